The Morgan fingerprint density at radius 3 is 2.52 bits per heavy atom. The van der Waals surface area contributed by atoms with Gasteiger partial charge in [-0.15, -0.1) is 0 Å². The van der Waals surface area contributed by atoms with E-state index in [-0.39, 0.29) is 22.8 Å². The van der Waals surface area contributed by atoms with Crippen molar-refractivity contribution >= 4 is 46.7 Å². The first-order valence-electron chi connectivity index (χ1n) is 7.40. The Morgan fingerprint density at radius 1 is 1.24 bits per heavy atom. The first kappa shape index (κ1) is 19.1. The Bertz CT molecular complexity index is 812. The Labute approximate surface area is 154 Å². The fourth-order valence-electron chi connectivity index (χ4n) is 2.20. The third-order valence-corrected chi connectivity index (χ3v) is 4.09. The normalized spacial score (nSPS) is 11.2. The van der Waals surface area contributed by atoms with E-state index in [2.05, 4.69) is 15.7 Å². The summed E-state index contributed by atoms with van der Waals surface area (Å²) in [5.74, 6) is -0.780. The molecule has 0 bridgehead atoms. The molecule has 0 aliphatic heterocycles. The smallest absolute Gasteiger partial charge is 0.325 e. The summed E-state index contributed by atoms with van der Waals surface area (Å²) in [7, 11) is 0. The molecule has 0 unspecified atom stereocenters. The van der Waals surface area contributed by atoms with Gasteiger partial charge in [0.15, 0.2) is 5.82 Å². The molecule has 0 saturated carbocycles. The van der Waals surface area contributed by atoms with Gasteiger partial charge in [-0.05, 0) is 12.1 Å². The molecule has 0 saturated heterocycles. The van der Waals surface area contributed by atoms with Crippen LogP contribution in [0.5, 0.6) is 0 Å². The maximum atomic E-state index is 12.1. The molecule has 9 heteroatoms. The van der Waals surface area contributed by atoms with Gasteiger partial charge in [-0.3, -0.25) is 14.8 Å². The van der Waals surface area contributed by atoms with Crippen molar-refractivity contribution in [2.45, 2.75) is 32.7 Å². The zero-order chi connectivity index (χ0) is 18.8. The first-order valence-corrected chi connectivity index (χ1v) is 8.15. The zero-order valence-corrected chi connectivity index (χ0v) is 15.4. The second-order valence-corrected chi connectivity index (χ2v) is 7.18. The van der Waals surface area contributed by atoms with Crippen molar-refractivity contribution in [1.29, 1.82) is 0 Å². The lowest BCUT2D eigenvalue weighted by Gasteiger charge is -2.19. The van der Waals surface area contributed by atoms with Crippen LogP contribution in [0.15, 0.2) is 24.3 Å². The third-order valence-electron chi connectivity index (χ3n) is 3.27. The van der Waals surface area contributed by atoms with E-state index < -0.39 is 12.0 Å². The van der Waals surface area contributed by atoms with Crippen LogP contribution < -0.4 is 10.6 Å². The molecule has 0 spiro atoms. The summed E-state index contributed by atoms with van der Waals surface area (Å²) in [5.41, 5.74) is 0.702. The lowest BCUT2D eigenvalue weighted by Crippen LogP contribution is -2.21. The molecule has 2 rings (SSSR count). The van der Waals surface area contributed by atoms with Crippen LogP contribution in [0.2, 0.25) is 10.0 Å². The number of amides is 2. The molecule has 2 aromatic rings. The van der Waals surface area contributed by atoms with Crippen LogP contribution in [0.4, 0.5) is 16.3 Å². The summed E-state index contributed by atoms with van der Waals surface area (Å²) in [5, 5.41) is 18.8. The zero-order valence-electron chi connectivity index (χ0n) is 13.9. The topological polar surface area (TPSA) is 96.3 Å². The third kappa shape index (κ3) is 4.87. The predicted molar refractivity (Wildman–Crippen MR) is 97.7 cm³/mol. The van der Waals surface area contributed by atoms with Crippen LogP contribution in [0.3, 0.4) is 0 Å². The summed E-state index contributed by atoms with van der Waals surface area (Å²) in [6, 6.07) is 5.95. The second kappa shape index (κ2) is 7.33. The van der Waals surface area contributed by atoms with Gasteiger partial charge in [0, 0.05) is 17.2 Å². The van der Waals surface area contributed by atoms with E-state index in [1.54, 1.807) is 24.3 Å². The van der Waals surface area contributed by atoms with E-state index in [0.29, 0.717) is 16.4 Å². The summed E-state index contributed by atoms with van der Waals surface area (Å²) < 4.78 is 1.35. The van der Waals surface area contributed by atoms with E-state index in [0.717, 1.165) is 0 Å². The number of carboxylic acid groups (broad SMARTS) is 1. The molecule has 1 aromatic heterocycles. The lowest BCUT2D eigenvalue weighted by atomic mass is 9.92. The molecule has 0 aliphatic carbocycles. The number of aromatic nitrogens is 2. The number of nitrogens with zero attached hydrogens (tertiary/aromatic N) is 2. The van der Waals surface area contributed by atoms with Crippen LogP contribution in [0, 0.1) is 0 Å². The maximum absolute atomic E-state index is 12.1. The monoisotopic (exact) mass is 384 g/mol. The number of carbonyl (C=O) groups is 2. The fourth-order valence-corrected chi connectivity index (χ4v) is 2.55. The minimum absolute atomic E-state index is 0.228. The molecule has 0 fully saturated rings. The van der Waals surface area contributed by atoms with Crippen molar-refractivity contribution in [2.75, 3.05) is 10.6 Å². The standard InChI is InChI=1S/C16H18Cl2N4O3/c1-16(2,3)11-7-12(21-22(11)8-13(23)24)20-15(25)19-10-6-4-5-9(17)14(10)18/h4-7H,8H2,1-3H3,(H,23,24)(H2,19,20,21,25). The fraction of sp³-hybridized carbons (Fsp3) is 0.312. The number of hydrogen-bond donors (Lipinski definition) is 3. The summed E-state index contributed by atoms with van der Waals surface area (Å²) >= 11 is 11.9. The van der Waals surface area contributed by atoms with Crippen LogP contribution in [-0.2, 0) is 16.8 Å². The number of halogens is 2. The van der Waals surface area contributed by atoms with Crippen molar-refractivity contribution in [3.8, 4) is 0 Å². The van der Waals surface area contributed by atoms with Crippen molar-refractivity contribution in [1.82, 2.24) is 9.78 Å². The van der Waals surface area contributed by atoms with Gasteiger partial charge in [-0.25, -0.2) is 4.79 Å². The molecule has 1 heterocycles. The molecule has 1 aromatic carbocycles. The molecule has 3 N–H and O–H groups in total. The molecule has 2 amide bonds. The van der Waals surface area contributed by atoms with Gasteiger partial charge in [-0.1, -0.05) is 50.0 Å². The van der Waals surface area contributed by atoms with Crippen molar-refractivity contribution in [3.63, 3.8) is 0 Å². The number of benzene rings is 1. The maximum Gasteiger partial charge on any atom is 0.325 e. The molecule has 134 valence electrons. The number of rotatable bonds is 4. The van der Waals surface area contributed by atoms with Gasteiger partial charge in [-0.2, -0.15) is 5.10 Å². The first-order chi connectivity index (χ1) is 11.6. The molecular formula is C16H18Cl2N4O3. The quantitative estimate of drug-likeness (QED) is 0.734. The molecule has 25 heavy (non-hydrogen) atoms. The van der Waals surface area contributed by atoms with E-state index in [4.69, 9.17) is 28.3 Å². The highest BCUT2D eigenvalue weighted by Gasteiger charge is 2.23. The highest BCUT2D eigenvalue weighted by Crippen LogP contribution is 2.30. The number of urea groups is 1. The summed E-state index contributed by atoms with van der Waals surface area (Å²) in [6.07, 6.45) is 0. The Kier molecular flexibility index (Phi) is 5.59. The van der Waals surface area contributed by atoms with Crippen LogP contribution in [-0.4, -0.2) is 26.9 Å². The number of aliphatic carboxylic acids is 1. The predicted octanol–water partition coefficient (Wildman–Crippen LogP) is 4.22. The highest BCUT2D eigenvalue weighted by atomic mass is 35.5. The average Bonchev–Trinajstić information content (AvgIpc) is 2.85. The van der Waals surface area contributed by atoms with E-state index in [9.17, 15) is 9.59 Å². The average molecular weight is 385 g/mol. The summed E-state index contributed by atoms with van der Waals surface area (Å²) in [6.45, 7) is 5.49. The Balaban J connectivity index is 2.19. The highest BCUT2D eigenvalue weighted by molar-refractivity contribution is 6.44. The lowest BCUT2D eigenvalue weighted by molar-refractivity contribution is -0.137. The van der Waals surface area contributed by atoms with Gasteiger partial charge >= 0.3 is 12.0 Å². The van der Waals surface area contributed by atoms with Crippen LogP contribution in [0.1, 0.15) is 26.5 Å². The summed E-state index contributed by atoms with van der Waals surface area (Å²) in [4.78, 5) is 23.2. The Hall–Kier alpha value is -2.25. The number of carbonyl (C=O) groups excluding carboxylic acids is 1. The molecule has 0 atom stereocenters. The minimum atomic E-state index is -1.02. The number of carboxylic acids is 1. The SMILES string of the molecule is CC(C)(C)c1cc(NC(=O)Nc2cccc(Cl)c2Cl)nn1CC(=O)O. The van der Waals surface area contributed by atoms with Gasteiger partial charge in [0.05, 0.1) is 15.7 Å². The molecule has 7 nitrogen and oxygen atoms in total. The molecule has 0 radical (unpaired) electrons. The van der Waals surface area contributed by atoms with Gasteiger partial charge in [0.2, 0.25) is 0 Å². The molecular weight excluding hydrogens is 367 g/mol. The van der Waals surface area contributed by atoms with Gasteiger partial charge in [0.25, 0.3) is 0 Å². The Morgan fingerprint density at radius 2 is 1.92 bits per heavy atom. The van der Waals surface area contributed by atoms with E-state index in [1.807, 2.05) is 20.8 Å². The van der Waals surface area contributed by atoms with Gasteiger partial charge < -0.3 is 10.4 Å². The van der Waals surface area contributed by atoms with Gasteiger partial charge in [0.1, 0.15) is 6.54 Å². The largest absolute Gasteiger partial charge is 0.480 e. The van der Waals surface area contributed by atoms with Crippen LogP contribution in [0.25, 0.3) is 0 Å². The van der Waals surface area contributed by atoms with Crippen LogP contribution >= 0.6 is 23.2 Å². The number of hydrogen-bond acceptors (Lipinski definition) is 3. The number of nitrogens with one attached hydrogen (secondary N) is 2. The van der Waals surface area contributed by atoms with Crippen molar-refractivity contribution < 1.29 is 14.7 Å². The second-order valence-electron chi connectivity index (χ2n) is 6.40. The van der Waals surface area contributed by atoms with E-state index in [1.165, 1.54) is 4.68 Å². The minimum Gasteiger partial charge on any atom is -0.480 e. The molecule has 0 aliphatic rings. The number of anilines is 2. The van der Waals surface area contributed by atoms with E-state index >= 15 is 0 Å². The van der Waals surface area contributed by atoms with Crippen molar-refractivity contribution in [2.24, 2.45) is 0 Å². The van der Waals surface area contributed by atoms with Crippen molar-refractivity contribution in [3.05, 3.63) is 40.0 Å².